The molecule has 1 N–H and O–H groups in total. The van der Waals surface area contributed by atoms with Crippen molar-refractivity contribution in [2.75, 3.05) is 12.9 Å². The van der Waals surface area contributed by atoms with Crippen molar-refractivity contribution in [2.45, 2.75) is 52.4 Å². The SMILES string of the molecule is COC(=O)CCSNC(=O)Cc1c(C(C)C)cc(F)cc1C(C)C. The third kappa shape index (κ3) is 6.15. The highest BCUT2D eigenvalue weighted by Crippen LogP contribution is 2.29. The Balaban J connectivity index is 2.81. The van der Waals surface area contributed by atoms with Gasteiger partial charge >= 0.3 is 5.97 Å². The fraction of sp³-hybridized carbons (Fsp3) is 0.556. The molecule has 0 unspecified atom stereocenters. The number of carbonyl (C=O) groups excluding carboxylic acids is 2. The van der Waals surface area contributed by atoms with E-state index in [2.05, 4.69) is 9.46 Å². The van der Waals surface area contributed by atoms with Gasteiger partial charge in [-0.2, -0.15) is 0 Å². The lowest BCUT2D eigenvalue weighted by Gasteiger charge is -2.19. The molecular formula is C18H26FNO3S. The minimum Gasteiger partial charge on any atom is -0.469 e. The number of nitrogens with one attached hydrogen (secondary N) is 1. The van der Waals surface area contributed by atoms with Gasteiger partial charge in [0.25, 0.3) is 0 Å². The predicted octanol–water partition coefficient (Wildman–Crippen LogP) is 3.94. The molecule has 0 spiro atoms. The van der Waals surface area contributed by atoms with E-state index in [-0.39, 0.29) is 42.4 Å². The summed E-state index contributed by atoms with van der Waals surface area (Å²) in [6.07, 6.45) is 0.443. The third-order valence-corrected chi connectivity index (χ3v) is 4.47. The van der Waals surface area contributed by atoms with E-state index in [1.165, 1.54) is 31.2 Å². The van der Waals surface area contributed by atoms with E-state index >= 15 is 0 Å². The van der Waals surface area contributed by atoms with Crippen LogP contribution in [-0.4, -0.2) is 24.7 Å². The molecule has 0 aromatic heterocycles. The standard InChI is InChI=1S/C18H26FNO3S/c1-11(2)14-8-13(19)9-15(12(3)4)16(14)10-17(21)20-24-7-6-18(22)23-5/h8-9,11-12H,6-7,10H2,1-5H3,(H,20,21). The highest BCUT2D eigenvalue weighted by Gasteiger charge is 2.18. The number of carbonyl (C=O) groups is 2. The Morgan fingerprint density at radius 3 is 2.17 bits per heavy atom. The first-order chi connectivity index (χ1) is 11.3. The Kier molecular flexibility index (Phi) is 8.25. The smallest absolute Gasteiger partial charge is 0.306 e. The zero-order chi connectivity index (χ0) is 18.3. The lowest BCUT2D eigenvalue weighted by molar-refractivity contribution is -0.140. The number of hydrogen-bond acceptors (Lipinski definition) is 4. The minimum atomic E-state index is -0.306. The van der Waals surface area contributed by atoms with Crippen molar-refractivity contribution in [1.82, 2.24) is 4.72 Å². The van der Waals surface area contributed by atoms with Crippen LogP contribution in [0.1, 0.15) is 62.6 Å². The summed E-state index contributed by atoms with van der Waals surface area (Å²) in [4.78, 5) is 23.3. The van der Waals surface area contributed by atoms with E-state index in [4.69, 9.17) is 0 Å². The van der Waals surface area contributed by atoms with Crippen molar-refractivity contribution in [2.24, 2.45) is 0 Å². The van der Waals surface area contributed by atoms with E-state index in [1.807, 2.05) is 27.7 Å². The molecule has 0 aliphatic rings. The summed E-state index contributed by atoms with van der Waals surface area (Å²) in [6, 6.07) is 3.03. The molecule has 0 bridgehead atoms. The molecule has 0 saturated carbocycles. The van der Waals surface area contributed by atoms with Crippen LogP contribution in [0.2, 0.25) is 0 Å². The minimum absolute atomic E-state index is 0.132. The maximum Gasteiger partial charge on any atom is 0.306 e. The molecule has 6 heteroatoms. The molecule has 1 aromatic rings. The van der Waals surface area contributed by atoms with Crippen LogP contribution in [0.5, 0.6) is 0 Å². The monoisotopic (exact) mass is 355 g/mol. The molecular weight excluding hydrogens is 329 g/mol. The van der Waals surface area contributed by atoms with Gasteiger partial charge in [0.2, 0.25) is 5.91 Å². The van der Waals surface area contributed by atoms with Crippen molar-refractivity contribution in [3.63, 3.8) is 0 Å². The molecule has 0 fully saturated rings. The van der Waals surface area contributed by atoms with Crippen LogP contribution in [0.3, 0.4) is 0 Å². The topological polar surface area (TPSA) is 55.4 Å². The van der Waals surface area contributed by atoms with Gasteiger partial charge in [-0.25, -0.2) is 4.39 Å². The number of benzene rings is 1. The highest BCUT2D eigenvalue weighted by atomic mass is 32.2. The van der Waals surface area contributed by atoms with Gasteiger partial charge in [0.1, 0.15) is 5.82 Å². The fourth-order valence-corrected chi connectivity index (χ4v) is 3.08. The lowest BCUT2D eigenvalue weighted by atomic mass is 9.87. The molecule has 0 aliphatic heterocycles. The molecule has 1 amide bonds. The molecule has 134 valence electrons. The van der Waals surface area contributed by atoms with Gasteiger partial charge in [0, 0.05) is 5.75 Å². The van der Waals surface area contributed by atoms with Crippen LogP contribution in [0, 0.1) is 5.82 Å². The first-order valence-electron chi connectivity index (χ1n) is 8.05. The number of halogens is 1. The normalized spacial score (nSPS) is 11.0. The average molecular weight is 355 g/mol. The van der Waals surface area contributed by atoms with Gasteiger partial charge in [-0.05, 0) is 52.6 Å². The summed E-state index contributed by atoms with van der Waals surface area (Å²) in [5, 5.41) is 0. The van der Waals surface area contributed by atoms with Crippen LogP contribution < -0.4 is 4.72 Å². The second kappa shape index (κ2) is 9.67. The molecule has 4 nitrogen and oxygen atoms in total. The number of hydrogen-bond donors (Lipinski definition) is 1. The van der Waals surface area contributed by atoms with Gasteiger partial charge < -0.3 is 4.74 Å². The van der Waals surface area contributed by atoms with Gasteiger partial charge in [0.05, 0.1) is 20.0 Å². The third-order valence-electron chi connectivity index (χ3n) is 3.69. The van der Waals surface area contributed by atoms with Crippen molar-refractivity contribution < 1.29 is 18.7 Å². The number of rotatable bonds is 8. The summed E-state index contributed by atoms with van der Waals surface area (Å²) >= 11 is 1.18. The molecule has 0 aliphatic carbocycles. The van der Waals surface area contributed by atoms with Crippen molar-refractivity contribution in [3.05, 3.63) is 34.6 Å². The first kappa shape index (κ1) is 20.5. The van der Waals surface area contributed by atoms with E-state index in [0.717, 1.165) is 16.7 Å². The maximum absolute atomic E-state index is 13.9. The fourth-order valence-electron chi connectivity index (χ4n) is 2.48. The van der Waals surface area contributed by atoms with Crippen molar-refractivity contribution >= 4 is 23.8 Å². The van der Waals surface area contributed by atoms with Crippen LogP contribution in [0.4, 0.5) is 4.39 Å². The van der Waals surface area contributed by atoms with Crippen molar-refractivity contribution in [1.29, 1.82) is 0 Å². The van der Waals surface area contributed by atoms with Gasteiger partial charge in [-0.1, -0.05) is 27.7 Å². The molecule has 24 heavy (non-hydrogen) atoms. The number of amides is 1. The first-order valence-corrected chi connectivity index (χ1v) is 9.04. The molecule has 0 saturated heterocycles. The molecule has 0 heterocycles. The second-order valence-corrected chi connectivity index (χ2v) is 7.15. The summed E-state index contributed by atoms with van der Waals surface area (Å²) < 4.78 is 21.2. The Hall–Kier alpha value is -1.56. The van der Waals surface area contributed by atoms with E-state index in [0.29, 0.717) is 5.75 Å². The van der Waals surface area contributed by atoms with Crippen molar-refractivity contribution in [3.8, 4) is 0 Å². The van der Waals surface area contributed by atoms with Gasteiger partial charge in [0.15, 0.2) is 0 Å². The lowest BCUT2D eigenvalue weighted by Crippen LogP contribution is -2.21. The zero-order valence-electron chi connectivity index (χ0n) is 14.9. The predicted molar refractivity (Wildman–Crippen MR) is 95.5 cm³/mol. The number of esters is 1. The summed E-state index contributed by atoms with van der Waals surface area (Å²) in [5.74, 6) is -0.00433. The van der Waals surface area contributed by atoms with Crippen LogP contribution in [0.25, 0.3) is 0 Å². The second-order valence-electron chi connectivity index (χ2n) is 6.25. The molecule has 0 radical (unpaired) electrons. The quantitative estimate of drug-likeness (QED) is 0.436. The average Bonchev–Trinajstić information content (AvgIpc) is 2.52. The Morgan fingerprint density at radius 2 is 1.71 bits per heavy atom. The molecule has 0 atom stereocenters. The summed E-state index contributed by atoms with van der Waals surface area (Å²) in [6.45, 7) is 7.97. The summed E-state index contributed by atoms with van der Waals surface area (Å²) in [5.41, 5.74) is 2.63. The van der Waals surface area contributed by atoms with Gasteiger partial charge in [-0.15, -0.1) is 0 Å². The Morgan fingerprint density at radius 1 is 1.17 bits per heavy atom. The Labute approximate surface area is 147 Å². The largest absolute Gasteiger partial charge is 0.469 e. The van der Waals surface area contributed by atoms with Crippen LogP contribution >= 0.6 is 11.9 Å². The highest BCUT2D eigenvalue weighted by molar-refractivity contribution is 7.97. The van der Waals surface area contributed by atoms with E-state index < -0.39 is 0 Å². The maximum atomic E-state index is 13.9. The number of methoxy groups -OCH3 is 1. The Bertz CT molecular complexity index is 559. The molecule has 1 rings (SSSR count). The molecule has 1 aromatic carbocycles. The van der Waals surface area contributed by atoms with Crippen LogP contribution in [0.15, 0.2) is 12.1 Å². The zero-order valence-corrected chi connectivity index (χ0v) is 15.8. The van der Waals surface area contributed by atoms with Gasteiger partial charge in [-0.3, -0.25) is 14.3 Å². The van der Waals surface area contributed by atoms with Crippen LogP contribution in [-0.2, 0) is 20.7 Å². The number of ether oxygens (including phenoxy) is 1. The summed E-state index contributed by atoms with van der Waals surface area (Å²) in [7, 11) is 1.33. The van der Waals surface area contributed by atoms with E-state index in [1.54, 1.807) is 0 Å². The van der Waals surface area contributed by atoms with E-state index in [9.17, 15) is 14.0 Å².